The monoisotopic (exact) mass is 716 g/mol. The minimum absolute atomic E-state index is 0.0821. The first-order valence-electron chi connectivity index (χ1n) is 8.61. The number of aromatic nitrogens is 6. The van der Waals surface area contributed by atoms with Crippen LogP contribution in [0, 0.1) is 6.92 Å². The summed E-state index contributed by atoms with van der Waals surface area (Å²) in [4.78, 5) is 23.5. The van der Waals surface area contributed by atoms with Crippen molar-refractivity contribution in [1.82, 2.24) is 29.9 Å². The molecule has 0 N–H and O–H groups in total. The van der Waals surface area contributed by atoms with Crippen LogP contribution in [0.15, 0.2) is 30.3 Å². The first-order chi connectivity index (χ1) is 15.8. The molecule has 0 aliphatic rings. The van der Waals surface area contributed by atoms with Crippen LogP contribution in [0.5, 0.6) is 0 Å². The molecule has 0 amide bonds. The van der Waals surface area contributed by atoms with Gasteiger partial charge in [0.1, 0.15) is 5.82 Å². The summed E-state index contributed by atoms with van der Waals surface area (Å²) < 4.78 is -7.26. The fourth-order valence-electron chi connectivity index (χ4n) is 2.08. The summed E-state index contributed by atoms with van der Waals surface area (Å²) >= 11 is 68.3. The molecule has 0 saturated carbocycles. The Morgan fingerprint density at radius 3 is 1.09 bits per heavy atom. The van der Waals surface area contributed by atoms with Crippen molar-refractivity contribution in [2.24, 2.45) is 0 Å². The molecule has 190 valence electrons. The predicted octanol–water partition coefficient (Wildman–Crippen LogP) is 9.03. The smallest absolute Gasteiger partial charge is 0.214 e. The molecule has 0 unspecified atom stereocenters. The maximum absolute atomic E-state index is 5.79. The van der Waals surface area contributed by atoms with Crippen LogP contribution in [0.1, 0.15) is 29.1 Å². The van der Waals surface area contributed by atoms with Gasteiger partial charge >= 0.3 is 0 Å². The van der Waals surface area contributed by atoms with E-state index >= 15 is 0 Å². The van der Waals surface area contributed by atoms with Crippen LogP contribution in [0.25, 0.3) is 11.4 Å². The quantitative estimate of drug-likeness (QED) is 0.234. The van der Waals surface area contributed by atoms with Crippen LogP contribution in [0.4, 0.5) is 0 Å². The Balaban J connectivity index is 0.000000258. The van der Waals surface area contributed by atoms with Crippen LogP contribution in [-0.2, 0) is 15.2 Å². The number of alkyl halides is 12. The summed E-state index contributed by atoms with van der Waals surface area (Å²) in [5.41, 5.74) is 0.681. The Morgan fingerprint density at radius 2 is 0.771 bits per heavy atom. The summed E-state index contributed by atoms with van der Waals surface area (Å²) in [5.74, 6) is 0.161. The first-order valence-corrected chi connectivity index (χ1v) is 13.1. The van der Waals surface area contributed by atoms with Crippen molar-refractivity contribution in [3.8, 4) is 11.4 Å². The Labute approximate surface area is 259 Å². The van der Waals surface area contributed by atoms with Gasteiger partial charge in [0.2, 0.25) is 15.2 Å². The molecular formula is C17H8Cl12N6. The van der Waals surface area contributed by atoms with E-state index in [1.54, 1.807) is 19.1 Å². The summed E-state index contributed by atoms with van der Waals surface area (Å²) in [5, 5.41) is 0. The van der Waals surface area contributed by atoms with E-state index in [9.17, 15) is 0 Å². The number of hydrogen-bond acceptors (Lipinski definition) is 6. The molecule has 2 aromatic heterocycles. The van der Waals surface area contributed by atoms with E-state index in [1.807, 2.05) is 18.2 Å². The number of hydrogen-bond donors (Lipinski definition) is 0. The first kappa shape index (κ1) is 31.9. The molecule has 0 atom stereocenters. The average Bonchev–Trinajstić information content (AvgIpc) is 2.71. The SMILES string of the molecule is Cc1nc(C(Cl)(Cl)Cl)nc(C(Cl)(Cl)Cl)n1.ClC(Cl)(Cl)c1nc(-c2ccccc2)nc(C(Cl)(Cl)Cl)n1. The molecule has 0 spiro atoms. The summed E-state index contributed by atoms with van der Waals surface area (Å²) in [6.07, 6.45) is 0. The van der Waals surface area contributed by atoms with Gasteiger partial charge in [-0.05, 0) is 6.92 Å². The van der Waals surface area contributed by atoms with Crippen LogP contribution >= 0.6 is 139 Å². The predicted molar refractivity (Wildman–Crippen MR) is 147 cm³/mol. The zero-order valence-corrected chi connectivity index (χ0v) is 25.7. The van der Waals surface area contributed by atoms with E-state index in [4.69, 9.17) is 139 Å². The molecular weight excluding hydrogens is 714 g/mol. The summed E-state index contributed by atoms with van der Waals surface area (Å²) in [7, 11) is 0. The van der Waals surface area contributed by atoms with Crippen LogP contribution in [0.3, 0.4) is 0 Å². The highest BCUT2D eigenvalue weighted by atomic mass is 35.6. The Morgan fingerprint density at radius 1 is 0.457 bits per heavy atom. The molecule has 0 saturated heterocycles. The van der Waals surface area contributed by atoms with E-state index in [-0.39, 0.29) is 29.1 Å². The Hall–Kier alpha value is 0.720. The van der Waals surface area contributed by atoms with E-state index in [0.717, 1.165) is 0 Å². The highest BCUT2D eigenvalue weighted by Crippen LogP contribution is 2.41. The third kappa shape index (κ3) is 10.1. The van der Waals surface area contributed by atoms with E-state index in [2.05, 4.69) is 29.9 Å². The lowest BCUT2D eigenvalue weighted by molar-refractivity contribution is 0.813. The van der Waals surface area contributed by atoms with Crippen molar-refractivity contribution in [2.75, 3.05) is 0 Å². The zero-order valence-electron chi connectivity index (χ0n) is 16.6. The highest BCUT2D eigenvalue weighted by Gasteiger charge is 2.34. The lowest BCUT2D eigenvalue weighted by Gasteiger charge is -2.15. The van der Waals surface area contributed by atoms with Gasteiger partial charge in [-0.1, -0.05) is 170 Å². The van der Waals surface area contributed by atoms with Gasteiger partial charge < -0.3 is 0 Å². The number of benzene rings is 1. The normalized spacial score (nSPS) is 12.7. The fourth-order valence-corrected chi connectivity index (χ4v) is 3.10. The summed E-state index contributed by atoms with van der Waals surface area (Å²) in [6.45, 7) is 1.57. The summed E-state index contributed by atoms with van der Waals surface area (Å²) in [6, 6.07) is 9.02. The number of nitrogens with zero attached hydrogens (tertiary/aromatic N) is 6. The minimum Gasteiger partial charge on any atom is -0.214 e. The van der Waals surface area contributed by atoms with Crippen LogP contribution < -0.4 is 0 Å². The van der Waals surface area contributed by atoms with E-state index in [1.165, 1.54) is 0 Å². The highest BCUT2D eigenvalue weighted by molar-refractivity contribution is 6.68. The van der Waals surface area contributed by atoms with E-state index in [0.29, 0.717) is 11.4 Å². The second-order valence-electron chi connectivity index (χ2n) is 6.19. The van der Waals surface area contributed by atoms with Gasteiger partial charge in [0, 0.05) is 5.56 Å². The van der Waals surface area contributed by atoms with Crippen molar-refractivity contribution in [3.63, 3.8) is 0 Å². The zero-order chi connectivity index (χ0) is 26.8. The molecule has 6 nitrogen and oxygen atoms in total. The Bertz CT molecular complexity index is 1090. The molecule has 2 heterocycles. The van der Waals surface area contributed by atoms with Gasteiger partial charge in [0.15, 0.2) is 29.1 Å². The molecule has 35 heavy (non-hydrogen) atoms. The average molecular weight is 722 g/mol. The molecule has 0 fully saturated rings. The molecule has 3 rings (SSSR count). The number of aryl methyl sites for hydroxylation is 1. The largest absolute Gasteiger partial charge is 0.250 e. The third-order valence-electron chi connectivity index (χ3n) is 3.43. The van der Waals surface area contributed by atoms with Gasteiger partial charge in [0.05, 0.1) is 0 Å². The second kappa shape index (κ2) is 12.3. The lowest BCUT2D eigenvalue weighted by Crippen LogP contribution is -2.16. The van der Waals surface area contributed by atoms with Crippen molar-refractivity contribution in [1.29, 1.82) is 0 Å². The molecule has 18 heteroatoms. The molecule has 0 aliphatic carbocycles. The molecule has 0 bridgehead atoms. The van der Waals surface area contributed by atoms with Gasteiger partial charge in [-0.3, -0.25) is 0 Å². The second-order valence-corrected chi connectivity index (χ2v) is 15.3. The van der Waals surface area contributed by atoms with E-state index < -0.39 is 15.2 Å². The van der Waals surface area contributed by atoms with Crippen molar-refractivity contribution in [3.05, 3.63) is 59.5 Å². The third-order valence-corrected chi connectivity index (χ3v) is 5.46. The molecule has 1 aromatic carbocycles. The number of halogens is 12. The van der Waals surface area contributed by atoms with Gasteiger partial charge in [-0.25, -0.2) is 29.9 Å². The topological polar surface area (TPSA) is 77.3 Å². The molecule has 0 radical (unpaired) electrons. The fraction of sp³-hybridized carbons (Fsp3) is 0.294. The standard InChI is InChI=1S/C11H5Cl6N3.C6H3Cl6N3/c12-10(13,14)8-18-7(6-4-2-1-3-5-6)19-9(20-8)11(15,16)17;1-2-13-3(5(7,8)9)15-4(14-2)6(10,11)12/h1-5H;1H3. The van der Waals surface area contributed by atoms with Gasteiger partial charge in [-0.15, -0.1) is 0 Å². The van der Waals surface area contributed by atoms with Crippen molar-refractivity contribution >= 4 is 139 Å². The van der Waals surface area contributed by atoms with Crippen LogP contribution in [-0.4, -0.2) is 29.9 Å². The minimum atomic E-state index is -1.85. The van der Waals surface area contributed by atoms with Crippen molar-refractivity contribution < 1.29 is 0 Å². The molecule has 3 aromatic rings. The van der Waals surface area contributed by atoms with Gasteiger partial charge in [0.25, 0.3) is 0 Å². The maximum atomic E-state index is 5.79. The maximum Gasteiger partial charge on any atom is 0.250 e. The number of rotatable bonds is 1. The van der Waals surface area contributed by atoms with Crippen LogP contribution in [0.2, 0.25) is 0 Å². The Kier molecular flexibility index (Phi) is 11.2. The lowest BCUT2D eigenvalue weighted by atomic mass is 10.2. The van der Waals surface area contributed by atoms with Gasteiger partial charge in [-0.2, -0.15) is 0 Å². The molecule has 0 aliphatic heterocycles. The van der Waals surface area contributed by atoms with Crippen molar-refractivity contribution in [2.45, 2.75) is 22.1 Å².